The molecule has 0 bridgehead atoms. The normalized spacial score (nSPS) is 20.0. The van der Waals surface area contributed by atoms with Crippen LogP contribution < -0.4 is 5.73 Å². The van der Waals surface area contributed by atoms with Gasteiger partial charge in [0.15, 0.2) is 0 Å². The summed E-state index contributed by atoms with van der Waals surface area (Å²) in [7, 11) is 2.24. The lowest BCUT2D eigenvalue weighted by Gasteiger charge is -2.42. The van der Waals surface area contributed by atoms with Gasteiger partial charge in [0, 0.05) is 18.6 Å². The summed E-state index contributed by atoms with van der Waals surface area (Å²) in [4.78, 5) is 2.50. The van der Waals surface area contributed by atoms with Crippen LogP contribution in [0.2, 0.25) is 0 Å². The van der Waals surface area contributed by atoms with Gasteiger partial charge in [-0.15, -0.1) is 0 Å². The second-order valence-corrected chi connectivity index (χ2v) is 5.25. The zero-order valence-corrected chi connectivity index (χ0v) is 11.0. The molecular weight excluding hydrogens is 208 g/mol. The Morgan fingerprint density at radius 1 is 1.29 bits per heavy atom. The van der Waals surface area contributed by atoms with E-state index in [2.05, 4.69) is 49.2 Å². The van der Waals surface area contributed by atoms with E-state index in [1.54, 1.807) is 0 Å². The number of hydrogen-bond donors (Lipinski definition) is 1. The minimum Gasteiger partial charge on any atom is -0.329 e. The standard InChI is InChI=1S/C15H24N2/c1-12(13-7-4-3-5-8-13)15(11-16)17(2)14-9-6-10-14/h3-5,7-8,12,14-15H,6,9-11,16H2,1-2H3. The Kier molecular flexibility index (Phi) is 4.19. The molecule has 1 aromatic carbocycles. The molecule has 0 saturated heterocycles. The highest BCUT2D eigenvalue weighted by molar-refractivity contribution is 5.20. The summed E-state index contributed by atoms with van der Waals surface area (Å²) in [5.74, 6) is 0.506. The fourth-order valence-electron chi connectivity index (χ4n) is 2.77. The highest BCUT2D eigenvalue weighted by Gasteiger charge is 2.30. The van der Waals surface area contributed by atoms with E-state index in [0.29, 0.717) is 12.0 Å². The zero-order valence-electron chi connectivity index (χ0n) is 11.0. The third-order valence-corrected chi connectivity index (χ3v) is 4.32. The van der Waals surface area contributed by atoms with Crippen LogP contribution in [0, 0.1) is 0 Å². The van der Waals surface area contributed by atoms with Gasteiger partial charge in [0.1, 0.15) is 0 Å². The van der Waals surface area contributed by atoms with Crippen LogP contribution in [0.3, 0.4) is 0 Å². The molecule has 0 radical (unpaired) electrons. The summed E-state index contributed by atoms with van der Waals surface area (Å²) < 4.78 is 0. The van der Waals surface area contributed by atoms with Crippen molar-refractivity contribution >= 4 is 0 Å². The maximum Gasteiger partial charge on any atom is 0.0284 e. The number of nitrogens with zero attached hydrogens (tertiary/aromatic N) is 1. The predicted octanol–water partition coefficient (Wildman–Crippen LogP) is 2.60. The number of rotatable bonds is 5. The van der Waals surface area contributed by atoms with E-state index < -0.39 is 0 Å². The molecule has 2 rings (SSSR count). The van der Waals surface area contributed by atoms with E-state index in [0.717, 1.165) is 12.6 Å². The zero-order chi connectivity index (χ0) is 12.3. The fraction of sp³-hybridized carbons (Fsp3) is 0.600. The summed E-state index contributed by atoms with van der Waals surface area (Å²) in [5.41, 5.74) is 7.38. The maximum absolute atomic E-state index is 5.99. The molecule has 1 aliphatic rings. The molecule has 1 saturated carbocycles. The second-order valence-electron chi connectivity index (χ2n) is 5.25. The Hall–Kier alpha value is -0.860. The van der Waals surface area contributed by atoms with Gasteiger partial charge < -0.3 is 5.73 Å². The van der Waals surface area contributed by atoms with Crippen molar-refractivity contribution in [1.82, 2.24) is 4.90 Å². The molecule has 17 heavy (non-hydrogen) atoms. The number of nitrogens with two attached hydrogens (primary N) is 1. The minimum atomic E-state index is 0.461. The Bertz CT molecular complexity index is 332. The first-order chi connectivity index (χ1) is 8.24. The lowest BCUT2D eigenvalue weighted by atomic mass is 9.86. The van der Waals surface area contributed by atoms with Crippen molar-refractivity contribution in [3.63, 3.8) is 0 Å². The van der Waals surface area contributed by atoms with Crippen molar-refractivity contribution in [1.29, 1.82) is 0 Å². The first-order valence-corrected chi connectivity index (χ1v) is 6.71. The highest BCUT2D eigenvalue weighted by atomic mass is 15.2. The van der Waals surface area contributed by atoms with E-state index in [1.165, 1.54) is 24.8 Å². The molecule has 0 amide bonds. The van der Waals surface area contributed by atoms with Crippen molar-refractivity contribution in [2.45, 2.75) is 44.2 Å². The average Bonchev–Trinajstić information content (AvgIpc) is 2.28. The van der Waals surface area contributed by atoms with Crippen molar-refractivity contribution in [3.05, 3.63) is 35.9 Å². The van der Waals surface area contributed by atoms with Crippen molar-refractivity contribution in [2.24, 2.45) is 5.73 Å². The highest BCUT2D eigenvalue weighted by Crippen LogP contribution is 2.30. The van der Waals surface area contributed by atoms with E-state index in [-0.39, 0.29) is 0 Å². The smallest absolute Gasteiger partial charge is 0.0284 e. The molecule has 1 fully saturated rings. The first-order valence-electron chi connectivity index (χ1n) is 6.71. The average molecular weight is 232 g/mol. The van der Waals surface area contributed by atoms with Crippen LogP contribution in [0.1, 0.15) is 37.7 Å². The van der Waals surface area contributed by atoms with Crippen LogP contribution in [0.5, 0.6) is 0 Å². The molecule has 94 valence electrons. The monoisotopic (exact) mass is 232 g/mol. The molecule has 0 spiro atoms. The van der Waals surface area contributed by atoms with Gasteiger partial charge in [0.05, 0.1) is 0 Å². The van der Waals surface area contributed by atoms with E-state index in [1.807, 2.05) is 0 Å². The van der Waals surface area contributed by atoms with E-state index in [9.17, 15) is 0 Å². The van der Waals surface area contributed by atoms with Crippen LogP contribution in [-0.4, -0.2) is 30.6 Å². The van der Waals surface area contributed by atoms with Crippen LogP contribution in [0.4, 0.5) is 0 Å². The van der Waals surface area contributed by atoms with Crippen molar-refractivity contribution in [3.8, 4) is 0 Å². The van der Waals surface area contributed by atoms with Gasteiger partial charge in [-0.25, -0.2) is 0 Å². The largest absolute Gasteiger partial charge is 0.329 e. The molecule has 1 aliphatic carbocycles. The van der Waals surface area contributed by atoms with Gasteiger partial charge in [-0.2, -0.15) is 0 Å². The van der Waals surface area contributed by atoms with Crippen LogP contribution >= 0.6 is 0 Å². The third kappa shape index (κ3) is 2.70. The SMILES string of the molecule is CC(c1ccccc1)C(CN)N(C)C1CCC1. The summed E-state index contributed by atoms with van der Waals surface area (Å²) in [6, 6.07) is 11.9. The van der Waals surface area contributed by atoms with Gasteiger partial charge in [-0.05, 0) is 31.4 Å². The molecule has 1 aromatic rings. The molecule has 2 atom stereocenters. The fourth-order valence-corrected chi connectivity index (χ4v) is 2.77. The van der Waals surface area contributed by atoms with Crippen molar-refractivity contribution in [2.75, 3.05) is 13.6 Å². The molecule has 2 unspecified atom stereocenters. The number of likely N-dealkylation sites (N-methyl/N-ethyl adjacent to an activating group) is 1. The summed E-state index contributed by atoms with van der Waals surface area (Å²) in [6.45, 7) is 3.03. The first kappa shape index (κ1) is 12.6. The quantitative estimate of drug-likeness (QED) is 0.845. The predicted molar refractivity (Wildman–Crippen MR) is 73.1 cm³/mol. The molecule has 2 N–H and O–H groups in total. The van der Waals surface area contributed by atoms with Gasteiger partial charge >= 0.3 is 0 Å². The van der Waals surface area contributed by atoms with Crippen LogP contribution in [-0.2, 0) is 0 Å². The number of benzene rings is 1. The Labute approximate surface area is 105 Å². The molecule has 0 heterocycles. The van der Waals surface area contributed by atoms with Crippen molar-refractivity contribution < 1.29 is 0 Å². The Morgan fingerprint density at radius 2 is 1.94 bits per heavy atom. The lowest BCUT2D eigenvalue weighted by molar-refractivity contribution is 0.101. The molecule has 2 nitrogen and oxygen atoms in total. The lowest BCUT2D eigenvalue weighted by Crippen LogP contribution is -2.49. The number of hydrogen-bond acceptors (Lipinski definition) is 2. The summed E-state index contributed by atoms with van der Waals surface area (Å²) >= 11 is 0. The summed E-state index contributed by atoms with van der Waals surface area (Å²) in [5, 5.41) is 0. The van der Waals surface area contributed by atoms with Crippen LogP contribution in [0.15, 0.2) is 30.3 Å². The molecule has 0 aromatic heterocycles. The maximum atomic E-state index is 5.99. The van der Waals surface area contributed by atoms with Gasteiger partial charge in [0.2, 0.25) is 0 Å². The molecule has 0 aliphatic heterocycles. The molecular formula is C15H24N2. The minimum absolute atomic E-state index is 0.461. The summed E-state index contributed by atoms with van der Waals surface area (Å²) in [6.07, 6.45) is 4.06. The topological polar surface area (TPSA) is 29.3 Å². The van der Waals surface area contributed by atoms with E-state index >= 15 is 0 Å². The van der Waals surface area contributed by atoms with E-state index in [4.69, 9.17) is 5.73 Å². The van der Waals surface area contributed by atoms with Gasteiger partial charge in [0.25, 0.3) is 0 Å². The second kappa shape index (κ2) is 5.65. The van der Waals surface area contributed by atoms with Gasteiger partial charge in [-0.1, -0.05) is 43.7 Å². The molecule has 2 heteroatoms. The Morgan fingerprint density at radius 3 is 2.41 bits per heavy atom. The van der Waals surface area contributed by atoms with Crippen LogP contribution in [0.25, 0.3) is 0 Å². The van der Waals surface area contributed by atoms with Gasteiger partial charge in [-0.3, -0.25) is 4.90 Å². The Balaban J connectivity index is 2.06. The third-order valence-electron chi connectivity index (χ3n) is 4.32.